The molecule has 1 amide bonds. The molecule has 2 heterocycles. The number of rotatable bonds is 3. The lowest BCUT2D eigenvalue weighted by molar-refractivity contribution is -0.119. The number of nitrogens with one attached hydrogen (secondary N) is 1. The Bertz CT molecular complexity index is 754. The van der Waals surface area contributed by atoms with Crippen molar-refractivity contribution >= 4 is 11.6 Å². The maximum atomic E-state index is 13.8. The Morgan fingerprint density at radius 1 is 1.48 bits per heavy atom. The second-order valence-corrected chi connectivity index (χ2v) is 5.41. The van der Waals surface area contributed by atoms with Gasteiger partial charge in [0, 0.05) is 26.2 Å². The predicted octanol–water partition coefficient (Wildman–Crippen LogP) is 0.855. The Labute approximate surface area is 132 Å². The van der Waals surface area contributed by atoms with E-state index in [0.717, 1.165) is 0 Å². The fraction of sp³-hybridized carbons (Fsp3) is 0.333. The summed E-state index contributed by atoms with van der Waals surface area (Å²) in [5.41, 5.74) is 0.527. The standard InChI is InChI=1S/C15H15FN6O/c1-10(23)19-13-8-21(9-15(13)22-6-5-18-20-22)14-4-2-3-12(16)11(14)7-17/h2-6,13,15H,8-9H2,1H3,(H,19,23)/t13-,15+/m1/s1. The second kappa shape index (κ2) is 6.04. The number of aromatic nitrogens is 3. The first-order valence-electron chi connectivity index (χ1n) is 7.16. The minimum Gasteiger partial charge on any atom is -0.366 e. The van der Waals surface area contributed by atoms with E-state index in [1.54, 1.807) is 29.2 Å². The first kappa shape index (κ1) is 15.0. The van der Waals surface area contributed by atoms with Gasteiger partial charge in [0.25, 0.3) is 0 Å². The van der Waals surface area contributed by atoms with Crippen molar-refractivity contribution in [3.63, 3.8) is 0 Å². The molecule has 1 aliphatic rings. The van der Waals surface area contributed by atoms with Crippen molar-refractivity contribution in [3.8, 4) is 6.07 Å². The van der Waals surface area contributed by atoms with Crippen molar-refractivity contribution in [2.24, 2.45) is 0 Å². The van der Waals surface area contributed by atoms with Crippen LogP contribution >= 0.6 is 0 Å². The van der Waals surface area contributed by atoms with Gasteiger partial charge in [0.05, 0.1) is 24.0 Å². The van der Waals surface area contributed by atoms with E-state index in [1.807, 2.05) is 11.0 Å². The molecule has 0 aliphatic carbocycles. The lowest BCUT2D eigenvalue weighted by Gasteiger charge is -2.19. The van der Waals surface area contributed by atoms with Crippen LogP contribution in [0.1, 0.15) is 18.5 Å². The molecule has 0 saturated carbocycles. The quantitative estimate of drug-likeness (QED) is 0.908. The third kappa shape index (κ3) is 2.85. The molecule has 7 nitrogen and oxygen atoms in total. The summed E-state index contributed by atoms with van der Waals surface area (Å²) in [7, 11) is 0. The smallest absolute Gasteiger partial charge is 0.217 e. The molecule has 3 rings (SSSR count). The number of carbonyl (C=O) groups excluding carboxylic acids is 1. The van der Waals surface area contributed by atoms with Gasteiger partial charge >= 0.3 is 0 Å². The number of amides is 1. The number of hydrogen-bond donors (Lipinski definition) is 1. The number of benzene rings is 1. The second-order valence-electron chi connectivity index (χ2n) is 5.41. The van der Waals surface area contributed by atoms with Crippen molar-refractivity contribution in [1.29, 1.82) is 5.26 Å². The van der Waals surface area contributed by atoms with E-state index in [4.69, 9.17) is 0 Å². The molecule has 1 fully saturated rings. The summed E-state index contributed by atoms with van der Waals surface area (Å²) in [5, 5.41) is 19.9. The number of hydrogen-bond acceptors (Lipinski definition) is 5. The molecule has 23 heavy (non-hydrogen) atoms. The molecule has 8 heteroatoms. The van der Waals surface area contributed by atoms with Crippen LogP contribution < -0.4 is 10.2 Å². The van der Waals surface area contributed by atoms with Gasteiger partial charge in [-0.1, -0.05) is 11.3 Å². The summed E-state index contributed by atoms with van der Waals surface area (Å²) < 4.78 is 15.5. The van der Waals surface area contributed by atoms with Gasteiger partial charge in [0.1, 0.15) is 17.4 Å². The molecule has 2 atom stereocenters. The largest absolute Gasteiger partial charge is 0.366 e. The average Bonchev–Trinajstić information content (AvgIpc) is 3.15. The molecule has 1 aromatic carbocycles. The summed E-state index contributed by atoms with van der Waals surface area (Å²) in [6.45, 7) is 2.40. The van der Waals surface area contributed by atoms with Crippen LogP contribution in [-0.2, 0) is 4.79 Å². The van der Waals surface area contributed by atoms with Gasteiger partial charge in [-0.2, -0.15) is 5.26 Å². The van der Waals surface area contributed by atoms with Gasteiger partial charge in [-0.15, -0.1) is 5.10 Å². The molecular weight excluding hydrogens is 299 g/mol. The molecule has 0 bridgehead atoms. The SMILES string of the molecule is CC(=O)N[C@@H]1CN(c2cccc(F)c2C#N)C[C@@H]1n1ccnn1. The Morgan fingerprint density at radius 3 is 2.96 bits per heavy atom. The van der Waals surface area contributed by atoms with Crippen molar-refractivity contribution in [3.05, 3.63) is 42.0 Å². The molecule has 0 radical (unpaired) electrons. The van der Waals surface area contributed by atoms with Crippen LogP contribution in [0, 0.1) is 17.1 Å². The molecule has 1 saturated heterocycles. The summed E-state index contributed by atoms with van der Waals surface area (Å²) in [5.74, 6) is -0.702. The van der Waals surface area contributed by atoms with Gasteiger partial charge in [-0.05, 0) is 12.1 Å². The van der Waals surface area contributed by atoms with Gasteiger partial charge in [-0.25, -0.2) is 9.07 Å². The molecule has 0 spiro atoms. The number of anilines is 1. The summed E-state index contributed by atoms with van der Waals surface area (Å²) >= 11 is 0. The van der Waals surface area contributed by atoms with Crippen LogP contribution in [0.4, 0.5) is 10.1 Å². The molecule has 0 unspecified atom stereocenters. The third-order valence-corrected chi connectivity index (χ3v) is 3.90. The van der Waals surface area contributed by atoms with Crippen molar-refractivity contribution < 1.29 is 9.18 Å². The highest BCUT2D eigenvalue weighted by molar-refractivity contribution is 5.73. The van der Waals surface area contributed by atoms with Crippen LogP contribution in [0.15, 0.2) is 30.6 Å². The van der Waals surface area contributed by atoms with E-state index in [9.17, 15) is 14.4 Å². The highest BCUT2D eigenvalue weighted by Crippen LogP contribution is 2.30. The maximum Gasteiger partial charge on any atom is 0.217 e. The monoisotopic (exact) mass is 314 g/mol. The number of halogens is 1. The van der Waals surface area contributed by atoms with Gasteiger partial charge < -0.3 is 10.2 Å². The minimum atomic E-state index is -0.551. The number of carbonyl (C=O) groups is 1. The normalized spacial score (nSPS) is 20.3. The van der Waals surface area contributed by atoms with Gasteiger partial charge in [0.2, 0.25) is 5.91 Å². The van der Waals surface area contributed by atoms with Crippen LogP contribution in [0.3, 0.4) is 0 Å². The Morgan fingerprint density at radius 2 is 2.30 bits per heavy atom. The molecule has 1 N–H and O–H groups in total. The van der Waals surface area contributed by atoms with Crippen molar-refractivity contribution in [2.75, 3.05) is 18.0 Å². The summed E-state index contributed by atoms with van der Waals surface area (Å²) in [4.78, 5) is 13.3. The predicted molar refractivity (Wildman–Crippen MR) is 80.0 cm³/mol. The van der Waals surface area contributed by atoms with E-state index in [-0.39, 0.29) is 23.6 Å². The van der Waals surface area contributed by atoms with E-state index < -0.39 is 5.82 Å². The highest BCUT2D eigenvalue weighted by Gasteiger charge is 2.36. The summed E-state index contributed by atoms with van der Waals surface area (Å²) in [6.07, 6.45) is 3.29. The molecular formula is C15H15FN6O. The molecule has 1 aromatic heterocycles. The van der Waals surface area contributed by atoms with Crippen LogP contribution in [0.2, 0.25) is 0 Å². The van der Waals surface area contributed by atoms with Gasteiger partial charge in [0.15, 0.2) is 0 Å². The zero-order chi connectivity index (χ0) is 16.4. The molecule has 1 aliphatic heterocycles. The number of nitrogens with zero attached hydrogens (tertiary/aromatic N) is 5. The first-order chi connectivity index (χ1) is 11.1. The van der Waals surface area contributed by atoms with E-state index in [1.165, 1.54) is 13.0 Å². The topological polar surface area (TPSA) is 86.8 Å². The van der Waals surface area contributed by atoms with Crippen molar-refractivity contribution in [2.45, 2.75) is 19.0 Å². The lowest BCUT2D eigenvalue weighted by Crippen LogP contribution is -2.40. The first-order valence-corrected chi connectivity index (χ1v) is 7.16. The highest BCUT2D eigenvalue weighted by atomic mass is 19.1. The zero-order valence-corrected chi connectivity index (χ0v) is 12.5. The van der Waals surface area contributed by atoms with Crippen LogP contribution in [0.5, 0.6) is 0 Å². The Hall–Kier alpha value is -2.95. The van der Waals surface area contributed by atoms with E-state index in [2.05, 4.69) is 15.6 Å². The number of nitriles is 1. The third-order valence-electron chi connectivity index (χ3n) is 3.90. The zero-order valence-electron chi connectivity index (χ0n) is 12.5. The van der Waals surface area contributed by atoms with E-state index >= 15 is 0 Å². The fourth-order valence-corrected chi connectivity index (χ4v) is 2.94. The minimum absolute atomic E-state index is 0.00770. The summed E-state index contributed by atoms with van der Waals surface area (Å²) in [6, 6.07) is 6.10. The lowest BCUT2D eigenvalue weighted by atomic mass is 10.1. The Balaban J connectivity index is 1.93. The molecule has 2 aromatic rings. The van der Waals surface area contributed by atoms with Gasteiger partial charge in [-0.3, -0.25) is 4.79 Å². The van der Waals surface area contributed by atoms with Crippen LogP contribution in [-0.4, -0.2) is 40.0 Å². The molecule has 118 valence electrons. The Kier molecular flexibility index (Phi) is 3.93. The fourth-order valence-electron chi connectivity index (χ4n) is 2.94. The van der Waals surface area contributed by atoms with Crippen LogP contribution in [0.25, 0.3) is 0 Å². The van der Waals surface area contributed by atoms with Crippen molar-refractivity contribution in [1.82, 2.24) is 20.3 Å². The van der Waals surface area contributed by atoms with E-state index in [0.29, 0.717) is 18.8 Å². The maximum absolute atomic E-state index is 13.8. The average molecular weight is 314 g/mol.